The minimum absolute atomic E-state index is 0.115. The molecule has 2 aliphatic carbocycles. The number of fused-ring (bicyclic) bond motifs is 7. The van der Waals surface area contributed by atoms with Crippen LogP contribution in [0.15, 0.2) is 181 Å². The highest BCUT2D eigenvalue weighted by Crippen LogP contribution is 2.58. The summed E-state index contributed by atoms with van der Waals surface area (Å²) in [5.41, 5.74) is 12.0. The summed E-state index contributed by atoms with van der Waals surface area (Å²) in [6.07, 6.45) is 4.36. The Hall–Kier alpha value is -5.64. The molecule has 1 aliphatic heterocycles. The van der Waals surface area contributed by atoms with Gasteiger partial charge in [0, 0.05) is 34.6 Å². The van der Waals surface area contributed by atoms with Crippen molar-refractivity contribution in [3.8, 4) is 0 Å². The maximum absolute atomic E-state index is 7.54. The van der Waals surface area contributed by atoms with Crippen molar-refractivity contribution in [1.29, 1.82) is 0 Å². The first-order chi connectivity index (χ1) is 23.3. The number of anilines is 4. The molecule has 3 heteroatoms. The van der Waals surface area contributed by atoms with E-state index < -0.39 is 0 Å². The van der Waals surface area contributed by atoms with Gasteiger partial charge in [-0.3, -0.25) is 0 Å². The fourth-order valence-corrected chi connectivity index (χ4v) is 7.89. The Morgan fingerprint density at radius 1 is 0.340 bits per heavy atom. The first-order valence-corrected chi connectivity index (χ1v) is 16.4. The fraction of sp³-hybridized carbons (Fsp3) is 0.0909. The van der Waals surface area contributed by atoms with E-state index in [9.17, 15) is 0 Å². The van der Waals surface area contributed by atoms with Gasteiger partial charge in [0.2, 0.25) is 0 Å². The van der Waals surface area contributed by atoms with Gasteiger partial charge in [0.05, 0.1) is 11.4 Å². The van der Waals surface area contributed by atoms with Crippen LogP contribution in [0.1, 0.15) is 34.1 Å². The molecule has 9 rings (SSSR count). The molecule has 226 valence electrons. The van der Waals surface area contributed by atoms with E-state index in [0.717, 1.165) is 34.1 Å². The van der Waals surface area contributed by atoms with Gasteiger partial charge >= 0.3 is 0 Å². The van der Waals surface area contributed by atoms with Crippen molar-refractivity contribution in [2.45, 2.75) is 24.0 Å². The largest absolute Gasteiger partial charge is 0.361 e. The third-order valence-corrected chi connectivity index (χ3v) is 9.81. The van der Waals surface area contributed by atoms with Gasteiger partial charge in [-0.25, -0.2) is 0 Å². The van der Waals surface area contributed by atoms with E-state index in [1.165, 1.54) is 22.3 Å². The first-order valence-electron chi connectivity index (χ1n) is 16.4. The minimum Gasteiger partial charge on any atom is -0.361 e. The predicted molar refractivity (Wildman–Crippen MR) is 193 cm³/mol. The van der Waals surface area contributed by atoms with Crippen LogP contribution in [0.25, 0.3) is 12.2 Å². The second-order valence-electron chi connectivity index (χ2n) is 12.4. The third kappa shape index (κ3) is 4.70. The Bertz CT molecular complexity index is 1860. The van der Waals surface area contributed by atoms with Crippen molar-refractivity contribution in [3.63, 3.8) is 0 Å². The van der Waals surface area contributed by atoms with Gasteiger partial charge in [0.1, 0.15) is 12.2 Å². The second-order valence-corrected chi connectivity index (χ2v) is 12.4. The monoisotopic (exact) mass is 606 g/mol. The topological polar surface area (TPSA) is 15.7 Å². The van der Waals surface area contributed by atoms with Crippen molar-refractivity contribution in [2.24, 2.45) is 0 Å². The third-order valence-electron chi connectivity index (χ3n) is 9.81. The Morgan fingerprint density at radius 2 is 0.638 bits per heavy atom. The van der Waals surface area contributed by atoms with Gasteiger partial charge in [-0.15, -0.1) is 0 Å². The lowest BCUT2D eigenvalue weighted by Crippen LogP contribution is -2.33. The molecule has 47 heavy (non-hydrogen) atoms. The highest BCUT2D eigenvalue weighted by molar-refractivity contribution is 5.80. The molecular formula is C44H34N2O. The predicted octanol–water partition coefficient (Wildman–Crippen LogP) is 10.7. The Kier molecular flexibility index (Phi) is 6.84. The molecule has 1 heterocycles. The van der Waals surface area contributed by atoms with Crippen molar-refractivity contribution >= 4 is 34.9 Å². The molecule has 0 spiro atoms. The van der Waals surface area contributed by atoms with Gasteiger partial charge in [0.25, 0.3) is 0 Å². The molecule has 4 atom stereocenters. The van der Waals surface area contributed by atoms with Gasteiger partial charge in [-0.2, -0.15) is 0 Å². The number of hydrogen-bond acceptors (Lipinski definition) is 3. The summed E-state index contributed by atoms with van der Waals surface area (Å²) in [5.74, 6) is 0.230. The number of ether oxygens (including phenoxy) is 1. The highest BCUT2D eigenvalue weighted by Gasteiger charge is 2.54. The minimum atomic E-state index is -0.178. The number of benzene rings is 6. The maximum atomic E-state index is 7.54. The van der Waals surface area contributed by atoms with Crippen molar-refractivity contribution < 1.29 is 4.74 Å². The Balaban J connectivity index is 1.26. The summed E-state index contributed by atoms with van der Waals surface area (Å²) in [6, 6.07) is 60.6. The summed E-state index contributed by atoms with van der Waals surface area (Å²) < 4.78 is 7.54. The fourth-order valence-electron chi connectivity index (χ4n) is 7.89. The smallest absolute Gasteiger partial charge is 0.106 e. The quantitative estimate of drug-likeness (QED) is 0.188. The van der Waals surface area contributed by atoms with Crippen LogP contribution in [-0.2, 0) is 4.74 Å². The number of hydrogen-bond donors (Lipinski definition) is 0. The van der Waals surface area contributed by atoms with Crippen LogP contribution in [-0.4, -0.2) is 12.2 Å². The highest BCUT2D eigenvalue weighted by atomic mass is 16.5. The van der Waals surface area contributed by atoms with Crippen LogP contribution >= 0.6 is 0 Å². The van der Waals surface area contributed by atoms with E-state index in [1.54, 1.807) is 0 Å². The van der Waals surface area contributed by atoms with Gasteiger partial charge in [-0.1, -0.05) is 121 Å². The Labute approximate surface area is 276 Å². The summed E-state index contributed by atoms with van der Waals surface area (Å²) >= 11 is 0. The first kappa shape index (κ1) is 27.7. The molecule has 0 aromatic heterocycles. The molecule has 1 fully saturated rings. The summed E-state index contributed by atoms with van der Waals surface area (Å²) in [6.45, 7) is 0. The van der Waals surface area contributed by atoms with E-state index >= 15 is 0 Å². The normalized spacial score (nSPS) is 20.5. The van der Waals surface area contributed by atoms with E-state index in [4.69, 9.17) is 4.74 Å². The molecule has 0 radical (unpaired) electrons. The maximum Gasteiger partial charge on any atom is 0.106 e. The van der Waals surface area contributed by atoms with Crippen LogP contribution in [0.2, 0.25) is 0 Å². The average Bonchev–Trinajstić information content (AvgIpc) is 3.56. The molecule has 6 aromatic carbocycles. The summed E-state index contributed by atoms with van der Waals surface area (Å²) in [5, 5.41) is 0. The molecule has 0 N–H and O–H groups in total. The lowest BCUT2D eigenvalue weighted by molar-refractivity contribution is 0.0778. The molecule has 6 aromatic rings. The molecule has 1 saturated heterocycles. The lowest BCUT2D eigenvalue weighted by atomic mass is 9.70. The summed E-state index contributed by atoms with van der Waals surface area (Å²) in [4.78, 5) is 4.79. The zero-order chi connectivity index (χ0) is 31.2. The molecular weight excluding hydrogens is 572 g/mol. The van der Waals surface area contributed by atoms with Crippen LogP contribution in [0.4, 0.5) is 22.7 Å². The van der Waals surface area contributed by atoms with E-state index in [1.807, 2.05) is 0 Å². The SMILES string of the molecule is C1=C(N(c2ccccc2)c2ccccc2)C2OC3C(N(c4ccccc4)c4ccccc4)=Cc4ccccc4C3C2c2ccccc21. The molecule has 0 amide bonds. The van der Waals surface area contributed by atoms with Crippen LogP contribution in [0.5, 0.6) is 0 Å². The number of rotatable bonds is 6. The van der Waals surface area contributed by atoms with Gasteiger partial charge in [0.15, 0.2) is 0 Å². The van der Waals surface area contributed by atoms with Crippen LogP contribution in [0, 0.1) is 0 Å². The van der Waals surface area contributed by atoms with Crippen LogP contribution in [0.3, 0.4) is 0 Å². The standard InChI is InChI=1S/C44H34N2O/c1-5-19-33(20-6-1)45(34-21-7-2-8-22-34)39-29-31-17-13-15-27-37(31)41-42-38-28-16-14-18-32(38)30-40(44(42)47-43(39)41)46(35-23-9-3-10-24-35)36-25-11-4-12-26-36/h1-30,41-44H. The van der Waals surface area contributed by atoms with E-state index in [0.29, 0.717) is 0 Å². The zero-order valence-electron chi connectivity index (χ0n) is 25.9. The molecule has 0 saturated carbocycles. The van der Waals surface area contributed by atoms with Crippen molar-refractivity contribution in [1.82, 2.24) is 0 Å². The molecule has 3 nitrogen and oxygen atoms in total. The lowest BCUT2D eigenvalue weighted by Gasteiger charge is -2.38. The molecule has 4 unspecified atom stereocenters. The van der Waals surface area contributed by atoms with Crippen molar-refractivity contribution in [3.05, 3.63) is 204 Å². The van der Waals surface area contributed by atoms with Crippen LogP contribution < -0.4 is 9.80 Å². The van der Waals surface area contributed by atoms with E-state index in [2.05, 4.69) is 192 Å². The van der Waals surface area contributed by atoms with Crippen molar-refractivity contribution in [2.75, 3.05) is 9.80 Å². The molecule has 3 aliphatic rings. The van der Waals surface area contributed by atoms with E-state index in [-0.39, 0.29) is 24.0 Å². The Morgan fingerprint density at radius 3 is 0.979 bits per heavy atom. The number of para-hydroxylation sites is 4. The summed E-state index contributed by atoms with van der Waals surface area (Å²) in [7, 11) is 0. The van der Waals surface area contributed by atoms with Gasteiger partial charge < -0.3 is 14.5 Å². The molecule has 0 bridgehead atoms. The average molecular weight is 607 g/mol. The van der Waals surface area contributed by atoms with Gasteiger partial charge in [-0.05, 0) is 82.9 Å². The zero-order valence-corrected chi connectivity index (χ0v) is 25.9. The second kappa shape index (κ2) is 11.6. The number of nitrogens with zero attached hydrogens (tertiary/aromatic N) is 2.